The Morgan fingerprint density at radius 2 is 2.05 bits per heavy atom. The van der Waals surface area contributed by atoms with Crippen LogP contribution >= 0.6 is 0 Å². The van der Waals surface area contributed by atoms with Crippen molar-refractivity contribution in [3.05, 3.63) is 30.0 Å². The number of nitrogen functional groups attached to an aromatic ring is 1. The SMILES string of the molecule is CCC1CCC(OC(=O)c2cc3cc(N)ccc3o2)CC1. The summed E-state index contributed by atoms with van der Waals surface area (Å²) >= 11 is 0. The van der Waals surface area contributed by atoms with Gasteiger partial charge in [0.2, 0.25) is 5.76 Å². The van der Waals surface area contributed by atoms with Gasteiger partial charge in [0.15, 0.2) is 0 Å². The molecule has 0 saturated heterocycles. The molecule has 1 aromatic heterocycles. The third-order valence-corrected chi connectivity index (χ3v) is 4.39. The zero-order valence-electron chi connectivity index (χ0n) is 12.3. The highest BCUT2D eigenvalue weighted by atomic mass is 16.6. The molecule has 0 radical (unpaired) electrons. The normalized spacial score (nSPS) is 22.3. The molecule has 1 saturated carbocycles. The lowest BCUT2D eigenvalue weighted by atomic mass is 9.86. The molecule has 4 nitrogen and oxygen atoms in total. The van der Waals surface area contributed by atoms with Crippen LogP contribution in [0.1, 0.15) is 49.6 Å². The van der Waals surface area contributed by atoms with Crippen LogP contribution in [0.4, 0.5) is 5.69 Å². The van der Waals surface area contributed by atoms with Gasteiger partial charge in [-0.3, -0.25) is 0 Å². The van der Waals surface area contributed by atoms with Crippen molar-refractivity contribution in [1.82, 2.24) is 0 Å². The fourth-order valence-electron chi connectivity index (χ4n) is 3.03. The van der Waals surface area contributed by atoms with Crippen LogP contribution in [-0.4, -0.2) is 12.1 Å². The zero-order chi connectivity index (χ0) is 14.8. The third-order valence-electron chi connectivity index (χ3n) is 4.39. The van der Waals surface area contributed by atoms with Crippen LogP contribution in [0.5, 0.6) is 0 Å². The Kier molecular flexibility index (Phi) is 3.86. The number of hydrogen-bond donors (Lipinski definition) is 1. The number of carbonyl (C=O) groups is 1. The first-order valence-electron chi connectivity index (χ1n) is 7.65. The second-order valence-electron chi connectivity index (χ2n) is 5.86. The van der Waals surface area contributed by atoms with E-state index in [4.69, 9.17) is 14.9 Å². The van der Waals surface area contributed by atoms with Gasteiger partial charge < -0.3 is 14.9 Å². The summed E-state index contributed by atoms with van der Waals surface area (Å²) in [4.78, 5) is 12.2. The number of hydrogen-bond acceptors (Lipinski definition) is 4. The molecule has 1 heterocycles. The fraction of sp³-hybridized carbons (Fsp3) is 0.471. The lowest BCUT2D eigenvalue weighted by Gasteiger charge is -2.27. The van der Waals surface area contributed by atoms with Crippen LogP contribution in [0, 0.1) is 5.92 Å². The molecule has 1 aliphatic carbocycles. The first kappa shape index (κ1) is 14.0. The highest BCUT2D eigenvalue weighted by Crippen LogP contribution is 2.29. The Balaban J connectivity index is 1.67. The van der Waals surface area contributed by atoms with Gasteiger partial charge in [0.05, 0.1) is 0 Å². The molecular weight excluding hydrogens is 266 g/mol. The summed E-state index contributed by atoms with van der Waals surface area (Å²) in [6, 6.07) is 7.02. The molecule has 0 atom stereocenters. The molecule has 21 heavy (non-hydrogen) atoms. The largest absolute Gasteiger partial charge is 0.457 e. The van der Waals surface area contributed by atoms with Crippen LogP contribution in [0.25, 0.3) is 11.0 Å². The first-order valence-corrected chi connectivity index (χ1v) is 7.65. The summed E-state index contributed by atoms with van der Waals surface area (Å²) < 4.78 is 11.1. The first-order chi connectivity index (χ1) is 10.2. The summed E-state index contributed by atoms with van der Waals surface area (Å²) in [5, 5.41) is 0.830. The van der Waals surface area contributed by atoms with Crippen LogP contribution in [0.15, 0.2) is 28.7 Å². The maximum absolute atomic E-state index is 12.2. The van der Waals surface area contributed by atoms with E-state index >= 15 is 0 Å². The van der Waals surface area contributed by atoms with E-state index in [0.717, 1.165) is 37.0 Å². The number of nitrogens with two attached hydrogens (primary N) is 1. The molecule has 3 rings (SSSR count). The number of furan rings is 1. The summed E-state index contributed by atoms with van der Waals surface area (Å²) in [7, 11) is 0. The quantitative estimate of drug-likeness (QED) is 0.680. The van der Waals surface area contributed by atoms with Gasteiger partial charge >= 0.3 is 5.97 Å². The molecule has 0 amide bonds. The van der Waals surface area contributed by atoms with Gasteiger partial charge in [-0.2, -0.15) is 0 Å². The second-order valence-corrected chi connectivity index (χ2v) is 5.86. The van der Waals surface area contributed by atoms with E-state index in [9.17, 15) is 4.79 Å². The molecule has 2 aromatic rings. The maximum Gasteiger partial charge on any atom is 0.374 e. The minimum absolute atomic E-state index is 0.0265. The van der Waals surface area contributed by atoms with Crippen LogP contribution < -0.4 is 5.73 Å². The van der Waals surface area contributed by atoms with E-state index in [0.29, 0.717) is 11.3 Å². The molecular formula is C17H21NO3. The summed E-state index contributed by atoms with van der Waals surface area (Å²) in [6.07, 6.45) is 5.44. The number of benzene rings is 1. The van der Waals surface area contributed by atoms with Gasteiger partial charge in [-0.25, -0.2) is 4.79 Å². The zero-order valence-corrected chi connectivity index (χ0v) is 12.3. The predicted molar refractivity (Wildman–Crippen MR) is 82.1 cm³/mol. The van der Waals surface area contributed by atoms with Gasteiger partial charge in [-0.1, -0.05) is 13.3 Å². The van der Waals surface area contributed by atoms with E-state index in [-0.39, 0.29) is 17.8 Å². The van der Waals surface area contributed by atoms with E-state index in [1.54, 1.807) is 24.3 Å². The Labute approximate surface area is 124 Å². The molecule has 2 N–H and O–H groups in total. The second kappa shape index (κ2) is 5.80. The Morgan fingerprint density at radius 1 is 1.29 bits per heavy atom. The number of esters is 1. The van der Waals surface area contributed by atoms with E-state index < -0.39 is 0 Å². The van der Waals surface area contributed by atoms with Gasteiger partial charge in [0.1, 0.15) is 11.7 Å². The minimum Gasteiger partial charge on any atom is -0.457 e. The van der Waals surface area contributed by atoms with Crippen molar-refractivity contribution < 1.29 is 13.9 Å². The van der Waals surface area contributed by atoms with Crippen molar-refractivity contribution in [2.24, 2.45) is 5.92 Å². The van der Waals surface area contributed by atoms with Gasteiger partial charge in [0, 0.05) is 11.1 Å². The Morgan fingerprint density at radius 3 is 2.76 bits per heavy atom. The van der Waals surface area contributed by atoms with Crippen molar-refractivity contribution >= 4 is 22.6 Å². The highest BCUT2D eigenvalue weighted by molar-refractivity contribution is 5.93. The van der Waals surface area contributed by atoms with Crippen LogP contribution in [-0.2, 0) is 4.74 Å². The summed E-state index contributed by atoms with van der Waals surface area (Å²) in [5.41, 5.74) is 7.04. The van der Waals surface area contributed by atoms with E-state index in [2.05, 4.69) is 6.92 Å². The number of anilines is 1. The average molecular weight is 287 g/mol. The molecule has 0 unspecified atom stereocenters. The number of rotatable bonds is 3. The average Bonchev–Trinajstić information content (AvgIpc) is 2.91. The third kappa shape index (κ3) is 3.04. The number of fused-ring (bicyclic) bond motifs is 1. The van der Waals surface area contributed by atoms with Gasteiger partial charge in [0.25, 0.3) is 0 Å². The number of ether oxygens (including phenoxy) is 1. The molecule has 112 valence electrons. The summed E-state index contributed by atoms with van der Waals surface area (Å²) in [5.74, 6) is 0.673. The van der Waals surface area contributed by atoms with E-state index in [1.807, 2.05) is 0 Å². The van der Waals surface area contributed by atoms with Crippen molar-refractivity contribution in [2.45, 2.75) is 45.1 Å². The predicted octanol–water partition coefficient (Wildman–Crippen LogP) is 4.14. The van der Waals surface area contributed by atoms with Crippen LogP contribution in [0.2, 0.25) is 0 Å². The minimum atomic E-state index is -0.371. The van der Waals surface area contributed by atoms with Crippen molar-refractivity contribution in [1.29, 1.82) is 0 Å². The molecule has 4 heteroatoms. The number of carbonyl (C=O) groups excluding carboxylic acids is 1. The lowest BCUT2D eigenvalue weighted by molar-refractivity contribution is 0.0134. The Bertz CT molecular complexity index is 639. The molecule has 0 bridgehead atoms. The molecule has 0 aliphatic heterocycles. The van der Waals surface area contributed by atoms with Crippen molar-refractivity contribution in [2.75, 3.05) is 5.73 Å². The highest BCUT2D eigenvalue weighted by Gasteiger charge is 2.24. The molecule has 1 fully saturated rings. The van der Waals surface area contributed by atoms with Crippen LogP contribution in [0.3, 0.4) is 0 Å². The molecule has 1 aromatic carbocycles. The monoisotopic (exact) mass is 287 g/mol. The fourth-order valence-corrected chi connectivity index (χ4v) is 3.03. The maximum atomic E-state index is 12.2. The molecule has 0 spiro atoms. The topological polar surface area (TPSA) is 65.5 Å². The van der Waals surface area contributed by atoms with Crippen molar-refractivity contribution in [3.8, 4) is 0 Å². The van der Waals surface area contributed by atoms with Crippen molar-refractivity contribution in [3.63, 3.8) is 0 Å². The lowest BCUT2D eigenvalue weighted by Crippen LogP contribution is -2.24. The summed E-state index contributed by atoms with van der Waals surface area (Å²) in [6.45, 7) is 2.22. The van der Waals surface area contributed by atoms with E-state index in [1.165, 1.54) is 6.42 Å². The molecule has 1 aliphatic rings. The Hall–Kier alpha value is -1.97. The smallest absolute Gasteiger partial charge is 0.374 e. The standard InChI is InChI=1S/C17H21NO3/c1-2-11-3-6-14(7-4-11)20-17(19)16-10-12-9-13(18)5-8-15(12)21-16/h5,8-11,14H,2-4,6-7,18H2,1H3. The van der Waals surface area contributed by atoms with Gasteiger partial charge in [-0.15, -0.1) is 0 Å². The van der Waals surface area contributed by atoms with Gasteiger partial charge in [-0.05, 0) is 55.9 Å².